The summed E-state index contributed by atoms with van der Waals surface area (Å²) in [6, 6.07) is 0. The molecule has 0 saturated heterocycles. The van der Waals surface area contributed by atoms with Gasteiger partial charge in [0, 0.05) is 0 Å². The van der Waals surface area contributed by atoms with Crippen LogP contribution in [0.5, 0.6) is 21.6 Å². The normalized spacial score (nSPS) is 9.53. The van der Waals surface area contributed by atoms with Crippen molar-refractivity contribution in [2.45, 2.75) is 0 Å². The second-order valence-corrected chi connectivity index (χ2v) is 3.43. The van der Waals surface area contributed by atoms with Gasteiger partial charge in [-0.1, -0.05) is 11.3 Å². The van der Waals surface area contributed by atoms with E-state index in [1.54, 1.807) is 0 Å². The summed E-state index contributed by atoms with van der Waals surface area (Å²) in [5.41, 5.74) is 0. The molecule has 9 heteroatoms. The molecular formula is C8H8O8S. The zero-order chi connectivity index (χ0) is 13.0. The third kappa shape index (κ3) is 2.91. The number of ether oxygens (including phenoxy) is 4. The van der Waals surface area contributed by atoms with E-state index in [4.69, 9.17) is 0 Å². The highest BCUT2D eigenvalue weighted by atomic mass is 32.1. The smallest absolute Gasteiger partial charge is 0.501 e. The van der Waals surface area contributed by atoms with Gasteiger partial charge in [-0.3, -0.25) is 0 Å². The molecule has 8 nitrogen and oxygen atoms in total. The van der Waals surface area contributed by atoms with Crippen molar-refractivity contribution in [1.82, 2.24) is 0 Å². The van der Waals surface area contributed by atoms with Crippen molar-refractivity contribution in [1.29, 1.82) is 0 Å². The van der Waals surface area contributed by atoms with Gasteiger partial charge in [0.15, 0.2) is 0 Å². The molecule has 0 aliphatic rings. The van der Waals surface area contributed by atoms with Gasteiger partial charge >= 0.3 is 12.3 Å². The highest BCUT2D eigenvalue weighted by Crippen LogP contribution is 2.51. The van der Waals surface area contributed by atoms with E-state index in [9.17, 15) is 19.8 Å². The Hall–Kier alpha value is -2.16. The quantitative estimate of drug-likeness (QED) is 0.772. The van der Waals surface area contributed by atoms with Crippen LogP contribution in [0.4, 0.5) is 9.59 Å². The molecule has 0 radical (unpaired) electrons. The molecule has 0 saturated carbocycles. The van der Waals surface area contributed by atoms with Crippen LogP contribution in [0.3, 0.4) is 0 Å². The minimum Gasteiger partial charge on any atom is -0.501 e. The number of rotatable bonds is 2. The average molecular weight is 264 g/mol. The minimum absolute atomic E-state index is 0.367. The van der Waals surface area contributed by atoms with Crippen molar-refractivity contribution in [2.24, 2.45) is 0 Å². The first-order valence-corrected chi connectivity index (χ1v) is 4.87. The van der Waals surface area contributed by atoms with Gasteiger partial charge in [0.25, 0.3) is 0 Å². The van der Waals surface area contributed by atoms with Crippen LogP contribution >= 0.6 is 11.3 Å². The zero-order valence-electron chi connectivity index (χ0n) is 8.75. The molecular weight excluding hydrogens is 256 g/mol. The second-order valence-electron chi connectivity index (χ2n) is 2.49. The maximum absolute atomic E-state index is 10.8. The Balaban J connectivity index is 2.91. The molecule has 1 heterocycles. The molecule has 1 aromatic rings. The van der Waals surface area contributed by atoms with Crippen LogP contribution in [0, 0.1) is 0 Å². The Bertz CT molecular complexity index is 398. The molecule has 0 amide bonds. The highest BCUT2D eigenvalue weighted by Gasteiger charge is 2.24. The van der Waals surface area contributed by atoms with E-state index >= 15 is 0 Å². The molecule has 1 rings (SSSR count). The highest BCUT2D eigenvalue weighted by molar-refractivity contribution is 7.16. The summed E-state index contributed by atoms with van der Waals surface area (Å²) < 4.78 is 17.3. The standard InChI is InChI=1S/C8H8O8S/c1-13-7(11)15-5-3(9)4(10)6(17-5)16-8(12)14-2/h9-10H,1-2H3. The van der Waals surface area contributed by atoms with Gasteiger partial charge in [0.2, 0.25) is 21.6 Å². The van der Waals surface area contributed by atoms with E-state index in [0.717, 1.165) is 14.2 Å². The number of aromatic hydroxyl groups is 2. The number of carbonyl (C=O) groups is 2. The minimum atomic E-state index is -1.09. The van der Waals surface area contributed by atoms with Crippen molar-refractivity contribution >= 4 is 23.6 Å². The second kappa shape index (κ2) is 5.25. The van der Waals surface area contributed by atoms with E-state index in [2.05, 4.69) is 18.9 Å². The first-order valence-electron chi connectivity index (χ1n) is 4.05. The Labute approximate surface area is 98.9 Å². The van der Waals surface area contributed by atoms with Crippen LogP contribution in [0.1, 0.15) is 0 Å². The zero-order valence-corrected chi connectivity index (χ0v) is 9.57. The Morgan fingerprint density at radius 1 is 0.941 bits per heavy atom. The van der Waals surface area contributed by atoms with Crippen LogP contribution in [-0.2, 0) is 9.47 Å². The van der Waals surface area contributed by atoms with E-state index in [1.165, 1.54) is 0 Å². The van der Waals surface area contributed by atoms with E-state index < -0.39 is 23.8 Å². The van der Waals surface area contributed by atoms with Gasteiger partial charge in [-0.05, 0) is 0 Å². The Morgan fingerprint density at radius 2 is 1.29 bits per heavy atom. The average Bonchev–Trinajstić information content (AvgIpc) is 2.57. The monoisotopic (exact) mass is 264 g/mol. The van der Waals surface area contributed by atoms with E-state index in [1.807, 2.05) is 0 Å². The maximum Gasteiger partial charge on any atom is 0.514 e. The summed E-state index contributed by atoms with van der Waals surface area (Å²) >= 11 is 0.527. The lowest BCUT2D eigenvalue weighted by Crippen LogP contribution is -2.06. The summed E-state index contributed by atoms with van der Waals surface area (Å²) in [5, 5.41) is 18.0. The first-order chi connectivity index (χ1) is 7.99. The van der Waals surface area contributed by atoms with Crippen molar-refractivity contribution in [2.75, 3.05) is 14.2 Å². The lowest BCUT2D eigenvalue weighted by molar-refractivity contribution is 0.120. The molecule has 0 spiro atoms. The molecule has 0 aromatic carbocycles. The van der Waals surface area contributed by atoms with Crippen molar-refractivity contribution in [3.8, 4) is 21.6 Å². The van der Waals surface area contributed by atoms with Gasteiger partial charge in [-0.15, -0.1) is 0 Å². The first kappa shape index (κ1) is 12.9. The fourth-order valence-corrected chi connectivity index (χ4v) is 1.52. The molecule has 2 N–H and O–H groups in total. The van der Waals surface area contributed by atoms with Gasteiger partial charge in [-0.25, -0.2) is 9.59 Å². The third-order valence-corrected chi connectivity index (χ3v) is 2.41. The molecule has 0 aliphatic carbocycles. The number of methoxy groups -OCH3 is 2. The largest absolute Gasteiger partial charge is 0.514 e. The fourth-order valence-electron chi connectivity index (χ4n) is 0.747. The Morgan fingerprint density at radius 3 is 1.59 bits per heavy atom. The van der Waals surface area contributed by atoms with E-state index in [0.29, 0.717) is 11.3 Å². The van der Waals surface area contributed by atoms with Crippen molar-refractivity contribution in [3.63, 3.8) is 0 Å². The van der Waals surface area contributed by atoms with Crippen LogP contribution in [0.25, 0.3) is 0 Å². The summed E-state index contributed by atoms with van der Waals surface area (Å²) in [7, 11) is 2.14. The van der Waals surface area contributed by atoms with Gasteiger partial charge in [-0.2, -0.15) is 0 Å². The van der Waals surface area contributed by atoms with Crippen molar-refractivity contribution in [3.05, 3.63) is 0 Å². The van der Waals surface area contributed by atoms with Crippen molar-refractivity contribution < 1.29 is 38.7 Å². The molecule has 0 atom stereocenters. The molecule has 0 unspecified atom stereocenters. The predicted octanol–water partition coefficient (Wildman–Crippen LogP) is 1.45. The topological polar surface area (TPSA) is 112 Å². The molecule has 94 valence electrons. The van der Waals surface area contributed by atoms with Gasteiger partial charge < -0.3 is 29.2 Å². The van der Waals surface area contributed by atoms with Crippen LogP contribution in [-0.4, -0.2) is 36.7 Å². The lowest BCUT2D eigenvalue weighted by atomic mass is 10.5. The summed E-state index contributed by atoms with van der Waals surface area (Å²) in [6.45, 7) is 0. The fraction of sp³-hybridized carbons (Fsp3) is 0.250. The molecule has 0 fully saturated rings. The third-order valence-electron chi connectivity index (χ3n) is 1.48. The van der Waals surface area contributed by atoms with E-state index in [-0.39, 0.29) is 10.1 Å². The lowest BCUT2D eigenvalue weighted by Gasteiger charge is -1.98. The number of carbonyl (C=O) groups excluding carboxylic acids is 2. The predicted molar refractivity (Wildman–Crippen MR) is 53.7 cm³/mol. The molecule has 1 aromatic heterocycles. The molecule has 0 aliphatic heterocycles. The van der Waals surface area contributed by atoms with Gasteiger partial charge in [0.1, 0.15) is 0 Å². The van der Waals surface area contributed by atoms with Crippen LogP contribution < -0.4 is 9.47 Å². The molecule has 17 heavy (non-hydrogen) atoms. The van der Waals surface area contributed by atoms with Crippen LogP contribution in [0.15, 0.2) is 0 Å². The number of thiophene rings is 1. The Kier molecular flexibility index (Phi) is 3.99. The van der Waals surface area contributed by atoms with Gasteiger partial charge in [0.05, 0.1) is 14.2 Å². The summed E-state index contributed by atoms with van der Waals surface area (Å²) in [4.78, 5) is 21.5. The number of hydrogen-bond donors (Lipinski definition) is 2. The number of hydrogen-bond acceptors (Lipinski definition) is 9. The summed E-state index contributed by atoms with van der Waals surface area (Å²) in [6.07, 6.45) is -2.18. The maximum atomic E-state index is 10.8. The molecule has 0 bridgehead atoms. The summed E-state index contributed by atoms with van der Waals surface area (Å²) in [5.74, 6) is -1.47. The SMILES string of the molecule is COC(=O)Oc1sc(OC(=O)OC)c(O)c1O. The van der Waals surface area contributed by atoms with Crippen LogP contribution in [0.2, 0.25) is 0 Å².